The molecular formula is C29H27N9O. The number of aryl methyl sites for hydroxylation is 3. The number of carbonyl (C=O) groups is 1. The number of benzene rings is 3. The van der Waals surface area contributed by atoms with Crippen LogP contribution in [-0.4, -0.2) is 42.7 Å². The minimum Gasteiger partial charge on any atom is -0.366 e. The van der Waals surface area contributed by atoms with Gasteiger partial charge in [0.2, 0.25) is 5.95 Å². The molecule has 0 saturated heterocycles. The first-order valence-electron chi connectivity index (χ1n) is 12.5. The molecule has 0 saturated carbocycles. The van der Waals surface area contributed by atoms with Crippen LogP contribution in [0.15, 0.2) is 66.7 Å². The van der Waals surface area contributed by atoms with Crippen LogP contribution in [0.25, 0.3) is 33.3 Å². The quantitative estimate of drug-likeness (QED) is 0.279. The number of aromatic nitrogens is 6. The van der Waals surface area contributed by atoms with Crippen LogP contribution in [0.2, 0.25) is 0 Å². The number of nitrogens with zero attached hydrogens (tertiary/aromatic N) is 6. The van der Waals surface area contributed by atoms with Crippen molar-refractivity contribution in [2.75, 3.05) is 17.3 Å². The van der Waals surface area contributed by atoms with Crippen molar-refractivity contribution in [1.29, 1.82) is 0 Å². The molecule has 3 aromatic carbocycles. The zero-order valence-electron chi connectivity index (χ0n) is 22.0. The van der Waals surface area contributed by atoms with E-state index in [1.54, 1.807) is 12.1 Å². The minimum atomic E-state index is -0.506. The Kier molecular flexibility index (Phi) is 5.72. The van der Waals surface area contributed by atoms with Gasteiger partial charge in [-0.25, -0.2) is 9.97 Å². The van der Waals surface area contributed by atoms with E-state index >= 15 is 0 Å². The van der Waals surface area contributed by atoms with Crippen LogP contribution in [0.3, 0.4) is 0 Å². The molecule has 0 radical (unpaired) electrons. The summed E-state index contributed by atoms with van der Waals surface area (Å²) in [4.78, 5) is 31.0. The molecule has 0 fully saturated rings. The lowest BCUT2D eigenvalue weighted by Crippen LogP contribution is -2.13. The Balaban J connectivity index is 1.24. The number of rotatable bonds is 6. The smallest absolute Gasteiger partial charge is 0.250 e. The van der Waals surface area contributed by atoms with Gasteiger partial charge in [0.05, 0.1) is 16.6 Å². The molecule has 194 valence electrons. The molecule has 6 rings (SSSR count). The molecule has 0 unspecified atom stereocenters. The number of hydrogen-bond donors (Lipinski definition) is 3. The molecule has 0 aliphatic rings. The fourth-order valence-electron chi connectivity index (χ4n) is 4.65. The fourth-order valence-corrected chi connectivity index (χ4v) is 4.65. The van der Waals surface area contributed by atoms with Crippen molar-refractivity contribution in [3.63, 3.8) is 0 Å². The summed E-state index contributed by atoms with van der Waals surface area (Å²) >= 11 is 0. The predicted molar refractivity (Wildman–Crippen MR) is 154 cm³/mol. The number of amides is 1. The molecular weight excluding hydrogens is 490 g/mol. The Bertz CT molecular complexity index is 1870. The SMILES string of the molecule is Cc1cc(N(C)c2ccc3c(C)n(C)nc3c2)nc(Nc2ccc(-c3nc4c(C(N)=O)cccc4[nH]3)cc2)n1. The van der Waals surface area contributed by atoms with Gasteiger partial charge in [0.1, 0.15) is 17.2 Å². The highest BCUT2D eigenvalue weighted by molar-refractivity contribution is 6.04. The second kappa shape index (κ2) is 9.25. The van der Waals surface area contributed by atoms with E-state index in [4.69, 9.17) is 10.7 Å². The zero-order chi connectivity index (χ0) is 27.3. The summed E-state index contributed by atoms with van der Waals surface area (Å²) in [6.07, 6.45) is 0. The third kappa shape index (κ3) is 4.42. The van der Waals surface area contributed by atoms with E-state index in [1.807, 2.05) is 67.0 Å². The Morgan fingerprint density at radius 1 is 1.00 bits per heavy atom. The van der Waals surface area contributed by atoms with Crippen molar-refractivity contribution in [1.82, 2.24) is 29.7 Å². The Morgan fingerprint density at radius 3 is 2.56 bits per heavy atom. The van der Waals surface area contributed by atoms with E-state index in [1.165, 1.54) is 0 Å². The predicted octanol–water partition coefficient (Wildman–Crippen LogP) is 5.13. The van der Waals surface area contributed by atoms with Crippen molar-refractivity contribution in [2.24, 2.45) is 12.8 Å². The number of carbonyl (C=O) groups excluding carboxylic acids is 1. The molecule has 0 aliphatic carbocycles. The molecule has 6 aromatic rings. The van der Waals surface area contributed by atoms with Gasteiger partial charge in [-0.3, -0.25) is 9.48 Å². The van der Waals surface area contributed by atoms with Crippen LogP contribution in [0.4, 0.5) is 23.1 Å². The van der Waals surface area contributed by atoms with Gasteiger partial charge in [-0.2, -0.15) is 10.1 Å². The minimum absolute atomic E-state index is 0.390. The summed E-state index contributed by atoms with van der Waals surface area (Å²) in [6.45, 7) is 4.01. The summed E-state index contributed by atoms with van der Waals surface area (Å²) in [7, 11) is 3.93. The van der Waals surface area contributed by atoms with Crippen molar-refractivity contribution < 1.29 is 4.79 Å². The van der Waals surface area contributed by atoms with Crippen LogP contribution in [0, 0.1) is 13.8 Å². The lowest BCUT2D eigenvalue weighted by Gasteiger charge is -2.19. The molecule has 10 heteroatoms. The molecule has 0 atom stereocenters. The van der Waals surface area contributed by atoms with Gasteiger partial charge in [0.15, 0.2) is 0 Å². The summed E-state index contributed by atoms with van der Waals surface area (Å²) < 4.78 is 1.89. The molecule has 0 bridgehead atoms. The number of nitrogens with two attached hydrogens (primary N) is 1. The van der Waals surface area contributed by atoms with E-state index in [9.17, 15) is 4.79 Å². The largest absolute Gasteiger partial charge is 0.366 e. The molecule has 4 N–H and O–H groups in total. The fraction of sp³-hybridized carbons (Fsp3) is 0.138. The topological polar surface area (TPSA) is 131 Å². The second-order valence-corrected chi connectivity index (χ2v) is 9.51. The van der Waals surface area contributed by atoms with Gasteiger partial charge in [0, 0.05) is 53.9 Å². The monoisotopic (exact) mass is 517 g/mol. The number of nitrogens with one attached hydrogen (secondary N) is 2. The standard InChI is InChI=1S/C29H27N9O/c1-16-14-25(37(3)20-12-13-21-17(2)38(4)36-24(21)15-20)34-29(31-16)32-19-10-8-18(9-11-19)28-33-23-7-5-6-22(27(30)39)26(23)35-28/h5-15H,1-4H3,(H2,30,39)(H,33,35)(H,31,32,34). The number of aromatic amines is 1. The number of hydrogen-bond acceptors (Lipinski definition) is 7. The lowest BCUT2D eigenvalue weighted by molar-refractivity contribution is 0.100. The van der Waals surface area contributed by atoms with Crippen LogP contribution in [0.1, 0.15) is 21.7 Å². The van der Waals surface area contributed by atoms with Gasteiger partial charge in [-0.15, -0.1) is 0 Å². The van der Waals surface area contributed by atoms with Crippen molar-refractivity contribution in [3.8, 4) is 11.4 Å². The number of primary amides is 1. The van der Waals surface area contributed by atoms with Crippen LogP contribution in [-0.2, 0) is 7.05 Å². The third-order valence-electron chi connectivity index (χ3n) is 6.88. The maximum Gasteiger partial charge on any atom is 0.250 e. The average Bonchev–Trinajstić information content (AvgIpc) is 3.48. The first-order chi connectivity index (χ1) is 18.8. The number of imidazole rings is 1. The average molecular weight is 518 g/mol. The zero-order valence-corrected chi connectivity index (χ0v) is 22.0. The Morgan fingerprint density at radius 2 is 1.79 bits per heavy atom. The lowest BCUT2D eigenvalue weighted by atomic mass is 10.2. The maximum absolute atomic E-state index is 11.8. The van der Waals surface area contributed by atoms with Crippen LogP contribution >= 0.6 is 0 Å². The van der Waals surface area contributed by atoms with E-state index in [-0.39, 0.29) is 0 Å². The van der Waals surface area contributed by atoms with Gasteiger partial charge < -0.3 is 20.9 Å². The molecule has 0 spiro atoms. The van der Waals surface area contributed by atoms with Gasteiger partial charge in [0.25, 0.3) is 5.91 Å². The third-order valence-corrected chi connectivity index (χ3v) is 6.88. The summed E-state index contributed by atoms with van der Waals surface area (Å²) in [5.74, 6) is 1.41. The summed E-state index contributed by atoms with van der Waals surface area (Å²) in [6, 6.07) is 21.3. The van der Waals surface area contributed by atoms with E-state index in [0.717, 1.165) is 50.6 Å². The highest BCUT2D eigenvalue weighted by atomic mass is 16.1. The summed E-state index contributed by atoms with van der Waals surface area (Å²) in [5, 5.41) is 9.05. The Hall–Kier alpha value is -5.25. The van der Waals surface area contributed by atoms with Crippen molar-refractivity contribution in [2.45, 2.75) is 13.8 Å². The molecule has 3 heterocycles. The summed E-state index contributed by atoms with van der Waals surface area (Å²) in [5.41, 5.74) is 12.8. The number of anilines is 4. The van der Waals surface area contributed by atoms with Gasteiger partial charge >= 0.3 is 0 Å². The normalized spacial score (nSPS) is 11.3. The first kappa shape index (κ1) is 24.1. The van der Waals surface area contributed by atoms with E-state index in [2.05, 4.69) is 50.5 Å². The first-order valence-corrected chi connectivity index (χ1v) is 12.5. The van der Waals surface area contributed by atoms with E-state index < -0.39 is 5.91 Å². The van der Waals surface area contributed by atoms with Gasteiger partial charge in [-0.1, -0.05) is 6.07 Å². The van der Waals surface area contributed by atoms with Crippen molar-refractivity contribution in [3.05, 3.63) is 83.7 Å². The van der Waals surface area contributed by atoms with E-state index in [0.29, 0.717) is 22.9 Å². The number of H-pyrrole nitrogens is 1. The molecule has 1 amide bonds. The van der Waals surface area contributed by atoms with Crippen LogP contribution in [0.5, 0.6) is 0 Å². The Labute approximate surface area is 224 Å². The molecule has 0 aliphatic heterocycles. The van der Waals surface area contributed by atoms with Gasteiger partial charge in [-0.05, 0) is 68.4 Å². The highest BCUT2D eigenvalue weighted by Crippen LogP contribution is 2.29. The van der Waals surface area contributed by atoms with Crippen molar-refractivity contribution >= 4 is 51.0 Å². The second-order valence-electron chi connectivity index (χ2n) is 9.51. The van der Waals surface area contributed by atoms with Crippen LogP contribution < -0.4 is 16.0 Å². The molecule has 39 heavy (non-hydrogen) atoms. The maximum atomic E-state index is 11.8. The number of fused-ring (bicyclic) bond motifs is 2. The molecule has 10 nitrogen and oxygen atoms in total. The number of para-hydroxylation sites is 1. The highest BCUT2D eigenvalue weighted by Gasteiger charge is 2.14. The molecule has 3 aromatic heterocycles.